The van der Waals surface area contributed by atoms with E-state index in [1.807, 2.05) is 6.92 Å². The van der Waals surface area contributed by atoms with Crippen LogP contribution in [0, 0.1) is 5.82 Å². The lowest BCUT2D eigenvalue weighted by atomic mass is 9.95. The molecule has 0 saturated carbocycles. The van der Waals surface area contributed by atoms with Crippen molar-refractivity contribution in [2.45, 2.75) is 13.0 Å². The molecule has 1 aliphatic heterocycles. The van der Waals surface area contributed by atoms with Gasteiger partial charge in [-0.25, -0.2) is 9.37 Å². The molecule has 2 heterocycles. The molecule has 7 nitrogen and oxygen atoms in total. The first-order valence-electron chi connectivity index (χ1n) is 11.2. The van der Waals surface area contributed by atoms with Crippen molar-refractivity contribution in [1.82, 2.24) is 4.98 Å². The Balaban J connectivity index is 1.69. The summed E-state index contributed by atoms with van der Waals surface area (Å²) in [6.07, 6.45) is 0. The average Bonchev–Trinajstić information content (AvgIpc) is 3.42. The summed E-state index contributed by atoms with van der Waals surface area (Å²) < 4.78 is 25.1. The molecule has 3 aromatic carbocycles. The van der Waals surface area contributed by atoms with E-state index in [1.54, 1.807) is 48.5 Å². The number of fused-ring (bicyclic) bond motifs is 1. The lowest BCUT2D eigenvalue weighted by Crippen LogP contribution is -2.29. The number of aliphatic hydroxyl groups is 1. The number of aliphatic hydroxyl groups excluding tert-OH is 1. The fourth-order valence-electron chi connectivity index (χ4n) is 4.18. The van der Waals surface area contributed by atoms with Crippen LogP contribution in [0.1, 0.15) is 24.1 Å². The number of nitrogens with zero attached hydrogens (tertiary/aromatic N) is 2. The van der Waals surface area contributed by atoms with E-state index in [1.165, 1.54) is 30.2 Å². The molecule has 1 aromatic heterocycles. The minimum Gasteiger partial charge on any atom is -0.507 e. The highest BCUT2D eigenvalue weighted by Crippen LogP contribution is 2.45. The van der Waals surface area contributed by atoms with Gasteiger partial charge in [-0.3, -0.25) is 14.5 Å². The van der Waals surface area contributed by atoms with E-state index in [9.17, 15) is 19.1 Å². The van der Waals surface area contributed by atoms with Gasteiger partial charge in [0.05, 0.1) is 35.5 Å². The van der Waals surface area contributed by atoms with E-state index in [0.717, 1.165) is 11.3 Å². The Morgan fingerprint density at radius 3 is 2.58 bits per heavy atom. The van der Waals surface area contributed by atoms with Crippen molar-refractivity contribution in [2.24, 2.45) is 0 Å². The third-order valence-electron chi connectivity index (χ3n) is 5.84. The Kier molecular flexibility index (Phi) is 6.15. The zero-order valence-corrected chi connectivity index (χ0v) is 20.2. The number of carbonyl (C=O) groups is 2. The second-order valence-corrected chi connectivity index (χ2v) is 9.02. The van der Waals surface area contributed by atoms with Crippen LogP contribution < -0.4 is 14.4 Å². The number of anilines is 1. The molecule has 0 bridgehead atoms. The normalized spacial score (nSPS) is 17.1. The molecule has 1 saturated heterocycles. The largest absolute Gasteiger partial charge is 0.507 e. The minimum atomic E-state index is -0.975. The molecule has 182 valence electrons. The summed E-state index contributed by atoms with van der Waals surface area (Å²) in [6.45, 7) is 2.35. The van der Waals surface area contributed by atoms with Crippen LogP contribution in [0.3, 0.4) is 0 Å². The van der Waals surface area contributed by atoms with E-state index in [0.29, 0.717) is 39.4 Å². The highest BCUT2D eigenvalue weighted by Gasteiger charge is 2.48. The number of ketones is 1. The predicted octanol–water partition coefficient (Wildman–Crippen LogP) is 5.47. The maximum Gasteiger partial charge on any atom is 0.301 e. The number of carbonyl (C=O) groups excluding carboxylic acids is 2. The van der Waals surface area contributed by atoms with Gasteiger partial charge in [-0.05, 0) is 67.1 Å². The Bertz CT molecular complexity index is 1510. The highest BCUT2D eigenvalue weighted by atomic mass is 32.1. The third-order valence-corrected chi connectivity index (χ3v) is 6.86. The Hall–Kier alpha value is -4.24. The summed E-state index contributed by atoms with van der Waals surface area (Å²) in [5.74, 6) is -1.31. The van der Waals surface area contributed by atoms with Crippen molar-refractivity contribution in [2.75, 3.05) is 18.6 Å². The number of amides is 1. The first kappa shape index (κ1) is 23.5. The molecule has 9 heteroatoms. The molecule has 0 aliphatic carbocycles. The maximum atomic E-state index is 13.8. The Labute approximate surface area is 210 Å². The van der Waals surface area contributed by atoms with Gasteiger partial charge in [0.1, 0.15) is 23.1 Å². The van der Waals surface area contributed by atoms with Gasteiger partial charge in [-0.2, -0.15) is 0 Å². The lowest BCUT2D eigenvalue weighted by Gasteiger charge is -2.23. The van der Waals surface area contributed by atoms with Crippen molar-refractivity contribution in [3.05, 3.63) is 89.2 Å². The molecular weight excluding hydrogens is 483 g/mol. The maximum absolute atomic E-state index is 13.8. The minimum absolute atomic E-state index is 0.0807. The molecule has 0 radical (unpaired) electrons. The number of aromatic nitrogens is 1. The number of hydrogen-bond donors (Lipinski definition) is 1. The van der Waals surface area contributed by atoms with Gasteiger partial charge in [0.25, 0.3) is 5.78 Å². The quantitative estimate of drug-likeness (QED) is 0.213. The number of Topliss-reactive ketones (excluding diaryl/α,β-unsaturated/α-hetero) is 1. The number of thiazole rings is 1. The monoisotopic (exact) mass is 504 g/mol. The molecule has 4 aromatic rings. The molecule has 0 unspecified atom stereocenters. The van der Waals surface area contributed by atoms with E-state index in [2.05, 4.69) is 4.98 Å². The van der Waals surface area contributed by atoms with Gasteiger partial charge >= 0.3 is 5.91 Å². The second-order valence-electron chi connectivity index (χ2n) is 8.01. The summed E-state index contributed by atoms with van der Waals surface area (Å²) in [5, 5.41) is 11.5. The average molecular weight is 505 g/mol. The van der Waals surface area contributed by atoms with Crippen LogP contribution in [0.15, 0.2) is 72.3 Å². The van der Waals surface area contributed by atoms with Gasteiger partial charge in [0.2, 0.25) is 0 Å². The standard InChI is InChI=1S/C27H21FN2O5S/c1-3-35-18-10-7-15(8-11-18)24(31)22-23(16-5-4-6-19(13-16)34-2)30(26(33)25(22)32)27-29-20-12-9-17(28)14-21(20)36-27/h4-14,23,31H,3H2,1-2H3/b24-22+/t23-/m0/s1. The topological polar surface area (TPSA) is 89.0 Å². The first-order chi connectivity index (χ1) is 17.4. The van der Waals surface area contributed by atoms with Crippen molar-refractivity contribution in [1.29, 1.82) is 0 Å². The van der Waals surface area contributed by atoms with Gasteiger partial charge in [-0.1, -0.05) is 23.5 Å². The number of halogens is 1. The second kappa shape index (κ2) is 9.43. The zero-order chi connectivity index (χ0) is 25.4. The van der Waals surface area contributed by atoms with Gasteiger partial charge in [0, 0.05) is 5.56 Å². The Morgan fingerprint density at radius 2 is 1.86 bits per heavy atom. The summed E-state index contributed by atoms with van der Waals surface area (Å²) in [4.78, 5) is 32.4. The van der Waals surface area contributed by atoms with E-state index >= 15 is 0 Å². The number of methoxy groups -OCH3 is 1. The molecule has 1 fully saturated rings. The van der Waals surface area contributed by atoms with Crippen LogP contribution in [-0.2, 0) is 9.59 Å². The number of benzene rings is 3. The van der Waals surface area contributed by atoms with Crippen molar-refractivity contribution in [3.8, 4) is 11.5 Å². The number of ether oxygens (including phenoxy) is 2. The molecule has 1 N–H and O–H groups in total. The molecule has 36 heavy (non-hydrogen) atoms. The van der Waals surface area contributed by atoms with Gasteiger partial charge < -0.3 is 14.6 Å². The molecule has 1 aliphatic rings. The van der Waals surface area contributed by atoms with Crippen molar-refractivity contribution < 1.29 is 28.6 Å². The SMILES string of the molecule is CCOc1ccc(/C(O)=C2\C(=O)C(=O)N(c3nc4ccc(F)cc4s3)[C@H]2c2cccc(OC)c2)cc1. The zero-order valence-electron chi connectivity index (χ0n) is 19.4. The fourth-order valence-corrected chi connectivity index (χ4v) is 5.19. The highest BCUT2D eigenvalue weighted by molar-refractivity contribution is 7.22. The smallest absolute Gasteiger partial charge is 0.301 e. The molecule has 1 amide bonds. The van der Waals surface area contributed by atoms with E-state index in [4.69, 9.17) is 9.47 Å². The van der Waals surface area contributed by atoms with E-state index in [-0.39, 0.29) is 16.5 Å². The lowest BCUT2D eigenvalue weighted by molar-refractivity contribution is -0.132. The summed E-state index contributed by atoms with van der Waals surface area (Å²) in [5.41, 5.74) is 1.32. The summed E-state index contributed by atoms with van der Waals surface area (Å²) in [7, 11) is 1.51. The predicted molar refractivity (Wildman–Crippen MR) is 135 cm³/mol. The van der Waals surface area contributed by atoms with Crippen molar-refractivity contribution in [3.63, 3.8) is 0 Å². The van der Waals surface area contributed by atoms with Gasteiger partial charge in [0.15, 0.2) is 5.13 Å². The third kappa shape index (κ3) is 4.07. The van der Waals surface area contributed by atoms with Crippen LogP contribution in [0.5, 0.6) is 11.5 Å². The Morgan fingerprint density at radius 1 is 1.08 bits per heavy atom. The fraction of sp³-hybridized carbons (Fsp3) is 0.148. The molecule has 5 rings (SSSR count). The van der Waals surface area contributed by atoms with Crippen LogP contribution in [-0.4, -0.2) is 35.5 Å². The summed E-state index contributed by atoms with van der Waals surface area (Å²) >= 11 is 1.09. The van der Waals surface area contributed by atoms with Crippen molar-refractivity contribution >= 4 is 44.1 Å². The van der Waals surface area contributed by atoms with Crippen LogP contribution in [0.4, 0.5) is 9.52 Å². The molecular formula is C27H21FN2O5S. The van der Waals surface area contributed by atoms with Gasteiger partial charge in [-0.15, -0.1) is 0 Å². The van der Waals surface area contributed by atoms with E-state index < -0.39 is 23.5 Å². The molecule has 1 atom stereocenters. The molecule has 0 spiro atoms. The number of rotatable bonds is 6. The van der Waals surface area contributed by atoms with Crippen LogP contribution in [0.25, 0.3) is 16.0 Å². The first-order valence-corrected chi connectivity index (χ1v) is 12.0. The number of hydrogen-bond acceptors (Lipinski definition) is 7. The van der Waals surface area contributed by atoms with Crippen LogP contribution in [0.2, 0.25) is 0 Å². The summed E-state index contributed by atoms with van der Waals surface area (Å²) in [6, 6.07) is 16.7. The van der Waals surface area contributed by atoms with Crippen LogP contribution >= 0.6 is 11.3 Å².